The summed E-state index contributed by atoms with van der Waals surface area (Å²) in [6.07, 6.45) is 0.524. The van der Waals surface area contributed by atoms with E-state index in [-0.39, 0.29) is 12.3 Å². The molecule has 162 valence electrons. The lowest BCUT2D eigenvalue weighted by molar-refractivity contribution is -0.142. The Balaban J connectivity index is 2.07. The van der Waals surface area contributed by atoms with Crippen molar-refractivity contribution in [1.82, 2.24) is 5.32 Å². The Labute approximate surface area is 177 Å². The minimum atomic E-state index is -1.08. The molecule has 0 fully saturated rings. The van der Waals surface area contributed by atoms with Gasteiger partial charge in [0.15, 0.2) is 0 Å². The minimum absolute atomic E-state index is 0.134. The zero-order valence-corrected chi connectivity index (χ0v) is 18.0. The van der Waals surface area contributed by atoms with E-state index in [2.05, 4.69) is 23.5 Å². The first-order valence-electron chi connectivity index (χ1n) is 10.1. The molecule has 6 heteroatoms. The lowest BCUT2D eigenvalue weighted by Crippen LogP contribution is -2.48. The maximum Gasteiger partial charge on any atom is 0.321 e. The normalized spacial score (nSPS) is 13.1. The van der Waals surface area contributed by atoms with Crippen molar-refractivity contribution in [1.29, 1.82) is 0 Å². The zero-order valence-electron chi connectivity index (χ0n) is 18.0. The number of aryl methyl sites for hydroxylation is 2. The van der Waals surface area contributed by atoms with Crippen molar-refractivity contribution in [2.75, 3.05) is 0 Å². The van der Waals surface area contributed by atoms with Crippen molar-refractivity contribution >= 4 is 11.9 Å². The molecule has 0 unspecified atom stereocenters. The van der Waals surface area contributed by atoms with Crippen molar-refractivity contribution < 1.29 is 24.5 Å². The topological polar surface area (TPSA) is 95.9 Å². The summed E-state index contributed by atoms with van der Waals surface area (Å²) in [6, 6.07) is 11.6. The van der Waals surface area contributed by atoms with Crippen molar-refractivity contribution in [3.05, 3.63) is 64.7 Å². The molecule has 2 atom stereocenters. The van der Waals surface area contributed by atoms with Gasteiger partial charge in [-0.3, -0.25) is 14.9 Å². The number of aliphatic carboxylic acids is 2. The summed E-state index contributed by atoms with van der Waals surface area (Å²) in [5, 5.41) is 21.8. The first-order valence-corrected chi connectivity index (χ1v) is 10.1. The number of hydrogen-bond acceptors (Lipinski definition) is 4. The van der Waals surface area contributed by atoms with Crippen molar-refractivity contribution in [2.24, 2.45) is 5.92 Å². The van der Waals surface area contributed by atoms with Gasteiger partial charge >= 0.3 is 11.9 Å². The van der Waals surface area contributed by atoms with E-state index in [9.17, 15) is 19.8 Å². The summed E-state index contributed by atoms with van der Waals surface area (Å²) in [5.74, 6) is -1.34. The zero-order chi connectivity index (χ0) is 22.3. The first-order chi connectivity index (χ1) is 14.1. The number of carboxylic acids is 2. The third kappa shape index (κ3) is 7.52. The third-order valence-electron chi connectivity index (χ3n) is 4.73. The fraction of sp³-hybridized carbons (Fsp3) is 0.417. The van der Waals surface area contributed by atoms with E-state index in [1.165, 1.54) is 11.1 Å². The van der Waals surface area contributed by atoms with Crippen LogP contribution < -0.4 is 10.1 Å². The van der Waals surface area contributed by atoms with Gasteiger partial charge in [0.1, 0.15) is 24.4 Å². The molecule has 0 saturated carbocycles. The van der Waals surface area contributed by atoms with E-state index in [0.29, 0.717) is 18.8 Å². The Morgan fingerprint density at radius 3 is 2.13 bits per heavy atom. The molecule has 6 nitrogen and oxygen atoms in total. The second-order valence-electron chi connectivity index (χ2n) is 8.21. The number of benzene rings is 2. The van der Waals surface area contributed by atoms with Crippen LogP contribution in [0.2, 0.25) is 0 Å². The Kier molecular flexibility index (Phi) is 8.42. The van der Waals surface area contributed by atoms with Crippen LogP contribution in [-0.4, -0.2) is 34.2 Å². The molecule has 0 heterocycles. The standard InChI is InChI=1S/C24H31NO5/c1-15(2)8-21(23(26)27)25-22(24(28)29)13-18-6-5-7-20(12-18)30-14-19-10-16(3)9-17(4)11-19/h5-7,9-12,15,21-22,25H,8,13-14H2,1-4H3,(H,26,27)(H,28,29)/t21-,22-/m0/s1. The van der Waals surface area contributed by atoms with E-state index in [4.69, 9.17) is 4.74 Å². The second kappa shape index (κ2) is 10.8. The van der Waals surface area contributed by atoms with E-state index >= 15 is 0 Å². The van der Waals surface area contributed by atoms with Gasteiger partial charge in [-0.2, -0.15) is 0 Å². The maximum absolute atomic E-state index is 11.7. The number of hydrogen-bond donors (Lipinski definition) is 3. The van der Waals surface area contributed by atoms with Crippen molar-refractivity contribution in [3.8, 4) is 5.75 Å². The molecule has 0 radical (unpaired) electrons. The van der Waals surface area contributed by atoms with Crippen LogP contribution in [0, 0.1) is 19.8 Å². The summed E-state index contributed by atoms with van der Waals surface area (Å²) in [5.41, 5.74) is 4.18. The van der Waals surface area contributed by atoms with Gasteiger partial charge in [0.2, 0.25) is 0 Å². The van der Waals surface area contributed by atoms with Crippen LogP contribution in [0.1, 0.15) is 42.5 Å². The molecule has 0 aliphatic rings. The molecular formula is C24H31NO5. The van der Waals surface area contributed by atoms with Gasteiger partial charge in [0.05, 0.1) is 0 Å². The molecule has 2 aromatic carbocycles. The Morgan fingerprint density at radius 1 is 0.933 bits per heavy atom. The Morgan fingerprint density at radius 2 is 1.57 bits per heavy atom. The molecule has 0 amide bonds. The first kappa shape index (κ1) is 23.4. The van der Waals surface area contributed by atoms with Gasteiger partial charge in [-0.1, -0.05) is 55.3 Å². The fourth-order valence-corrected chi connectivity index (χ4v) is 3.49. The van der Waals surface area contributed by atoms with Crippen LogP contribution in [0.3, 0.4) is 0 Å². The number of carboxylic acid groups (broad SMARTS) is 2. The summed E-state index contributed by atoms with van der Waals surface area (Å²) in [6.45, 7) is 8.32. The van der Waals surface area contributed by atoms with Gasteiger partial charge in [-0.15, -0.1) is 0 Å². The number of rotatable bonds is 11. The van der Waals surface area contributed by atoms with Crippen LogP contribution in [0.15, 0.2) is 42.5 Å². The predicted octanol–water partition coefficient (Wildman–Crippen LogP) is 3.97. The molecule has 0 aliphatic carbocycles. The van der Waals surface area contributed by atoms with Crippen molar-refractivity contribution in [2.45, 2.75) is 59.2 Å². The van der Waals surface area contributed by atoms with Crippen LogP contribution in [-0.2, 0) is 22.6 Å². The molecule has 2 aromatic rings. The lowest BCUT2D eigenvalue weighted by atomic mass is 10.0. The van der Waals surface area contributed by atoms with Gasteiger partial charge < -0.3 is 14.9 Å². The Hall–Kier alpha value is -2.86. The molecule has 0 saturated heterocycles. The Bertz CT molecular complexity index is 857. The SMILES string of the molecule is Cc1cc(C)cc(COc2cccc(C[C@H](N[C@@H](CC(C)C)C(=O)O)C(=O)O)c2)c1. The fourth-order valence-electron chi connectivity index (χ4n) is 3.49. The number of carbonyl (C=O) groups is 2. The summed E-state index contributed by atoms with van der Waals surface area (Å²) >= 11 is 0. The minimum Gasteiger partial charge on any atom is -0.489 e. The van der Waals surface area contributed by atoms with Gasteiger partial charge in [0, 0.05) is 0 Å². The molecule has 0 bridgehead atoms. The molecular weight excluding hydrogens is 382 g/mol. The van der Waals surface area contributed by atoms with E-state index in [1.807, 2.05) is 45.9 Å². The maximum atomic E-state index is 11.7. The number of nitrogens with one attached hydrogen (secondary N) is 1. The smallest absolute Gasteiger partial charge is 0.321 e. The highest BCUT2D eigenvalue weighted by molar-refractivity contribution is 5.77. The molecule has 0 spiro atoms. The second-order valence-corrected chi connectivity index (χ2v) is 8.21. The summed E-state index contributed by atoms with van der Waals surface area (Å²) in [4.78, 5) is 23.2. The van der Waals surface area contributed by atoms with Crippen molar-refractivity contribution in [3.63, 3.8) is 0 Å². The monoisotopic (exact) mass is 413 g/mol. The molecule has 0 aromatic heterocycles. The molecule has 2 rings (SSSR count). The van der Waals surface area contributed by atoms with Crippen LogP contribution in [0.5, 0.6) is 5.75 Å². The lowest BCUT2D eigenvalue weighted by Gasteiger charge is -2.22. The molecule has 30 heavy (non-hydrogen) atoms. The summed E-state index contributed by atoms with van der Waals surface area (Å²) in [7, 11) is 0. The molecule has 3 N–H and O–H groups in total. The highest BCUT2D eigenvalue weighted by Crippen LogP contribution is 2.18. The highest BCUT2D eigenvalue weighted by Gasteiger charge is 2.26. The average Bonchev–Trinajstić information content (AvgIpc) is 2.64. The quantitative estimate of drug-likeness (QED) is 0.516. The van der Waals surface area contributed by atoms with Crippen LogP contribution in [0.4, 0.5) is 0 Å². The summed E-state index contributed by atoms with van der Waals surface area (Å²) < 4.78 is 5.89. The van der Waals surface area contributed by atoms with Gasteiger partial charge in [0.25, 0.3) is 0 Å². The number of ether oxygens (including phenoxy) is 1. The third-order valence-corrected chi connectivity index (χ3v) is 4.73. The van der Waals surface area contributed by atoms with E-state index < -0.39 is 24.0 Å². The van der Waals surface area contributed by atoms with Gasteiger partial charge in [-0.05, 0) is 55.9 Å². The predicted molar refractivity (Wildman–Crippen MR) is 116 cm³/mol. The largest absolute Gasteiger partial charge is 0.489 e. The highest BCUT2D eigenvalue weighted by atomic mass is 16.5. The van der Waals surface area contributed by atoms with E-state index in [1.54, 1.807) is 6.07 Å². The molecule has 0 aliphatic heterocycles. The van der Waals surface area contributed by atoms with Crippen LogP contribution in [0.25, 0.3) is 0 Å². The van der Waals surface area contributed by atoms with E-state index in [0.717, 1.165) is 11.1 Å². The van der Waals surface area contributed by atoms with Gasteiger partial charge in [-0.25, -0.2) is 0 Å². The van der Waals surface area contributed by atoms with Crippen LogP contribution >= 0.6 is 0 Å². The average molecular weight is 414 g/mol.